The van der Waals surface area contributed by atoms with Gasteiger partial charge in [0.25, 0.3) is 10.0 Å². The Hall–Kier alpha value is -3.07. The molecule has 27 heavy (non-hydrogen) atoms. The molecule has 0 spiro atoms. The first-order valence-corrected chi connectivity index (χ1v) is 9.49. The lowest BCUT2D eigenvalue weighted by Crippen LogP contribution is -2.22. The van der Waals surface area contributed by atoms with Crippen molar-refractivity contribution in [1.29, 1.82) is 0 Å². The van der Waals surface area contributed by atoms with Crippen molar-refractivity contribution in [2.45, 2.75) is 18.2 Å². The fourth-order valence-electron chi connectivity index (χ4n) is 2.40. The molecule has 0 aliphatic rings. The molecule has 0 bridgehead atoms. The number of rotatable bonds is 8. The maximum absolute atomic E-state index is 12.8. The zero-order valence-electron chi connectivity index (χ0n) is 14.9. The number of amides is 1. The highest BCUT2D eigenvalue weighted by molar-refractivity contribution is 7.92. The van der Waals surface area contributed by atoms with E-state index in [9.17, 15) is 18.0 Å². The van der Waals surface area contributed by atoms with Crippen molar-refractivity contribution in [3.63, 3.8) is 0 Å². The van der Waals surface area contributed by atoms with Crippen molar-refractivity contribution in [2.75, 3.05) is 18.4 Å². The molecule has 1 amide bonds. The number of hydrogen-bond acceptors (Lipinski definition) is 5. The van der Waals surface area contributed by atoms with Gasteiger partial charge in [0, 0.05) is 19.2 Å². The summed E-state index contributed by atoms with van der Waals surface area (Å²) in [6.07, 6.45) is 0.445. The minimum Gasteiger partial charge on any atom is -0.495 e. The smallest absolute Gasteiger partial charge is 0.335 e. The summed E-state index contributed by atoms with van der Waals surface area (Å²) in [5, 5.41) is 11.7. The first kappa shape index (κ1) is 20.2. The van der Waals surface area contributed by atoms with Crippen LogP contribution in [0.4, 0.5) is 5.69 Å². The number of sulfonamides is 1. The van der Waals surface area contributed by atoms with Crippen molar-refractivity contribution in [3.8, 4) is 5.75 Å². The van der Waals surface area contributed by atoms with Gasteiger partial charge in [0.2, 0.25) is 5.91 Å². The number of ether oxygens (including phenoxy) is 1. The predicted octanol–water partition coefficient (Wildman–Crippen LogP) is 1.87. The second kappa shape index (κ2) is 8.54. The molecule has 2 rings (SSSR count). The molecule has 8 nitrogen and oxygen atoms in total. The molecule has 144 valence electrons. The van der Waals surface area contributed by atoms with Crippen molar-refractivity contribution in [2.24, 2.45) is 0 Å². The molecular weight excluding hydrogens is 372 g/mol. The highest BCUT2D eigenvalue weighted by Crippen LogP contribution is 2.27. The van der Waals surface area contributed by atoms with E-state index in [1.807, 2.05) is 0 Å². The van der Waals surface area contributed by atoms with Gasteiger partial charge in [-0.2, -0.15) is 0 Å². The summed E-state index contributed by atoms with van der Waals surface area (Å²) < 4.78 is 33.1. The van der Waals surface area contributed by atoms with Gasteiger partial charge in [-0.25, -0.2) is 13.2 Å². The number of carbonyl (C=O) groups excluding carboxylic acids is 1. The molecule has 0 saturated heterocycles. The van der Waals surface area contributed by atoms with Gasteiger partial charge in [-0.3, -0.25) is 9.52 Å². The van der Waals surface area contributed by atoms with Crippen LogP contribution >= 0.6 is 0 Å². The number of methoxy groups -OCH3 is 1. The molecule has 0 aliphatic heterocycles. The minimum atomic E-state index is -4.02. The number of carboxylic acids is 1. The van der Waals surface area contributed by atoms with Gasteiger partial charge in [-0.05, 0) is 42.3 Å². The average Bonchev–Trinajstić information content (AvgIpc) is 2.61. The predicted molar refractivity (Wildman–Crippen MR) is 99.6 cm³/mol. The van der Waals surface area contributed by atoms with Crippen LogP contribution in [0.1, 0.15) is 22.8 Å². The van der Waals surface area contributed by atoms with E-state index in [4.69, 9.17) is 9.84 Å². The topological polar surface area (TPSA) is 122 Å². The number of carbonyl (C=O) groups is 2. The standard InChI is InChI=1S/C18H20N2O6S/c1-12(21)19-9-8-13-6-7-16(26-2)17(10-13)27(24,25)20-15-5-3-4-14(11-15)18(22)23/h3-7,10-11,20H,8-9H2,1-2H3,(H,19,21)(H,22,23). The summed E-state index contributed by atoms with van der Waals surface area (Å²) >= 11 is 0. The van der Waals surface area contributed by atoms with Crippen LogP contribution in [0.2, 0.25) is 0 Å². The van der Waals surface area contributed by atoms with E-state index in [0.717, 1.165) is 0 Å². The zero-order chi connectivity index (χ0) is 20.0. The molecule has 2 aromatic rings. The fraction of sp³-hybridized carbons (Fsp3) is 0.222. The Labute approximate surface area is 157 Å². The number of aromatic carboxylic acids is 1. The maximum atomic E-state index is 12.8. The summed E-state index contributed by atoms with van der Waals surface area (Å²) in [7, 11) is -2.66. The third-order valence-electron chi connectivity index (χ3n) is 3.67. The van der Waals surface area contributed by atoms with Gasteiger partial charge in [-0.1, -0.05) is 12.1 Å². The third-order valence-corrected chi connectivity index (χ3v) is 5.07. The molecule has 0 unspecified atom stereocenters. The highest BCUT2D eigenvalue weighted by atomic mass is 32.2. The van der Waals surface area contributed by atoms with Crippen LogP contribution in [0, 0.1) is 0 Å². The summed E-state index contributed by atoms with van der Waals surface area (Å²) in [4.78, 5) is 21.9. The second-order valence-electron chi connectivity index (χ2n) is 5.71. The minimum absolute atomic E-state index is 0.0359. The van der Waals surface area contributed by atoms with Gasteiger partial charge in [0.15, 0.2) is 0 Å². The Bertz CT molecular complexity index is 956. The molecule has 0 aromatic heterocycles. The lowest BCUT2D eigenvalue weighted by molar-refractivity contribution is -0.118. The Morgan fingerprint density at radius 2 is 1.89 bits per heavy atom. The molecule has 0 fully saturated rings. The Morgan fingerprint density at radius 1 is 1.15 bits per heavy atom. The van der Waals surface area contributed by atoms with Crippen molar-refractivity contribution in [1.82, 2.24) is 5.32 Å². The van der Waals surface area contributed by atoms with E-state index >= 15 is 0 Å². The second-order valence-corrected chi connectivity index (χ2v) is 7.36. The summed E-state index contributed by atoms with van der Waals surface area (Å²) in [5.74, 6) is -1.18. The summed E-state index contributed by atoms with van der Waals surface area (Å²) in [6.45, 7) is 1.77. The van der Waals surface area contributed by atoms with Gasteiger partial charge in [0.1, 0.15) is 10.6 Å². The van der Waals surface area contributed by atoms with Crippen molar-refractivity contribution >= 4 is 27.6 Å². The van der Waals surface area contributed by atoms with Gasteiger partial charge < -0.3 is 15.2 Å². The van der Waals surface area contributed by atoms with Crippen molar-refractivity contribution in [3.05, 3.63) is 53.6 Å². The molecule has 0 atom stereocenters. The van der Waals surface area contributed by atoms with Crippen LogP contribution in [0.15, 0.2) is 47.4 Å². The molecule has 2 aromatic carbocycles. The van der Waals surface area contributed by atoms with E-state index in [0.29, 0.717) is 18.5 Å². The SMILES string of the molecule is COc1ccc(CCNC(C)=O)cc1S(=O)(=O)Nc1cccc(C(=O)O)c1. The number of anilines is 1. The van der Waals surface area contributed by atoms with E-state index in [1.165, 1.54) is 50.4 Å². The first-order valence-electron chi connectivity index (χ1n) is 8.00. The quantitative estimate of drug-likeness (QED) is 0.630. The van der Waals surface area contributed by atoms with Crippen molar-refractivity contribution < 1.29 is 27.9 Å². The van der Waals surface area contributed by atoms with Crippen LogP contribution in [0.25, 0.3) is 0 Å². The van der Waals surface area contributed by atoms with Gasteiger partial charge >= 0.3 is 5.97 Å². The number of nitrogens with one attached hydrogen (secondary N) is 2. The van der Waals surface area contributed by atoms with Crippen LogP contribution in [0.5, 0.6) is 5.75 Å². The summed E-state index contributed by atoms with van der Waals surface area (Å²) in [5.41, 5.74) is 0.788. The molecule has 9 heteroatoms. The first-order chi connectivity index (χ1) is 12.7. The maximum Gasteiger partial charge on any atom is 0.335 e. The largest absolute Gasteiger partial charge is 0.495 e. The number of carboxylic acid groups (broad SMARTS) is 1. The third kappa shape index (κ3) is 5.45. The number of benzene rings is 2. The van der Waals surface area contributed by atoms with E-state index in [-0.39, 0.29) is 27.8 Å². The molecular formula is C18H20N2O6S. The molecule has 0 heterocycles. The van der Waals surface area contributed by atoms with Crippen LogP contribution < -0.4 is 14.8 Å². The van der Waals surface area contributed by atoms with Gasteiger partial charge in [0.05, 0.1) is 12.7 Å². The Kier molecular flexibility index (Phi) is 6.40. The van der Waals surface area contributed by atoms with E-state index in [1.54, 1.807) is 6.07 Å². The van der Waals surface area contributed by atoms with Crippen LogP contribution in [-0.4, -0.2) is 39.1 Å². The molecule has 0 aliphatic carbocycles. The highest BCUT2D eigenvalue weighted by Gasteiger charge is 2.21. The van der Waals surface area contributed by atoms with Crippen LogP contribution in [0.3, 0.4) is 0 Å². The molecule has 0 radical (unpaired) electrons. The summed E-state index contributed by atoms with van der Waals surface area (Å²) in [6, 6.07) is 10.2. The van der Waals surface area contributed by atoms with Crippen LogP contribution in [-0.2, 0) is 21.2 Å². The normalized spacial score (nSPS) is 10.9. The Balaban J connectivity index is 2.31. The molecule has 3 N–H and O–H groups in total. The molecule has 0 saturated carbocycles. The zero-order valence-corrected chi connectivity index (χ0v) is 15.7. The Morgan fingerprint density at radius 3 is 2.52 bits per heavy atom. The van der Waals surface area contributed by atoms with Gasteiger partial charge in [-0.15, -0.1) is 0 Å². The lowest BCUT2D eigenvalue weighted by atomic mass is 10.1. The fourth-order valence-corrected chi connectivity index (χ4v) is 3.67. The lowest BCUT2D eigenvalue weighted by Gasteiger charge is -2.13. The monoisotopic (exact) mass is 392 g/mol. The van der Waals surface area contributed by atoms with E-state index in [2.05, 4.69) is 10.0 Å². The van der Waals surface area contributed by atoms with E-state index < -0.39 is 16.0 Å². The average molecular weight is 392 g/mol. The number of hydrogen-bond donors (Lipinski definition) is 3.